The van der Waals surface area contributed by atoms with Crippen LogP contribution in [0, 0.1) is 33.5 Å². The second-order valence-electron chi connectivity index (χ2n) is 12.1. The maximum atomic E-state index is 12.6. The zero-order valence-corrected chi connectivity index (χ0v) is 19.9. The lowest BCUT2D eigenvalue weighted by Crippen LogP contribution is -2.61. The number of aliphatic hydroxyl groups excluding tert-OH is 1. The molecule has 0 aromatic heterocycles. The average molecular weight is 421 g/mol. The zero-order chi connectivity index (χ0) is 22.6. The molecule has 0 aliphatic heterocycles. The van der Waals surface area contributed by atoms with E-state index < -0.39 is 0 Å². The Bertz CT molecular complexity index is 1040. The van der Waals surface area contributed by atoms with E-state index in [-0.39, 0.29) is 39.1 Å². The van der Waals surface area contributed by atoms with Gasteiger partial charge in [0.1, 0.15) is 5.78 Å². The maximum Gasteiger partial charge on any atom is 0.220 e. The third-order valence-electron chi connectivity index (χ3n) is 10.7. The molecular formula is C28H36O3. The normalized spacial score (nSPS) is 46.8. The monoisotopic (exact) mass is 420 g/mol. The molecule has 0 heterocycles. The first kappa shape index (κ1) is 21.0. The number of allylic oxidation sites excluding steroid dienone is 7. The van der Waals surface area contributed by atoms with Gasteiger partial charge in [0, 0.05) is 23.3 Å². The van der Waals surface area contributed by atoms with Crippen LogP contribution in [0.15, 0.2) is 46.3 Å². The van der Waals surface area contributed by atoms with E-state index in [9.17, 15) is 14.7 Å². The molecule has 0 amide bonds. The molecule has 0 aromatic carbocycles. The highest BCUT2D eigenvalue weighted by molar-refractivity contribution is 6.06. The lowest BCUT2D eigenvalue weighted by Gasteiger charge is -2.69. The van der Waals surface area contributed by atoms with Gasteiger partial charge in [0.2, 0.25) is 5.78 Å². The van der Waals surface area contributed by atoms with Gasteiger partial charge >= 0.3 is 0 Å². The van der Waals surface area contributed by atoms with Crippen LogP contribution < -0.4 is 0 Å². The van der Waals surface area contributed by atoms with Crippen LogP contribution in [0.3, 0.4) is 0 Å². The molecule has 0 radical (unpaired) electrons. The Morgan fingerprint density at radius 1 is 1.00 bits per heavy atom. The number of ketones is 2. The predicted molar refractivity (Wildman–Crippen MR) is 122 cm³/mol. The van der Waals surface area contributed by atoms with Crippen LogP contribution in [0.1, 0.15) is 80.1 Å². The van der Waals surface area contributed by atoms with Crippen molar-refractivity contribution in [3.63, 3.8) is 0 Å². The van der Waals surface area contributed by atoms with Gasteiger partial charge in [0.15, 0.2) is 5.76 Å². The number of aliphatic hydroxyl groups is 1. The van der Waals surface area contributed by atoms with E-state index in [1.807, 2.05) is 6.92 Å². The summed E-state index contributed by atoms with van der Waals surface area (Å²) in [7, 11) is 0. The summed E-state index contributed by atoms with van der Waals surface area (Å²) >= 11 is 0. The number of rotatable bonds is 0. The van der Waals surface area contributed by atoms with Crippen LogP contribution in [-0.4, -0.2) is 16.7 Å². The van der Waals surface area contributed by atoms with Gasteiger partial charge in [-0.05, 0) is 78.4 Å². The van der Waals surface area contributed by atoms with E-state index in [0.717, 1.165) is 49.7 Å². The van der Waals surface area contributed by atoms with Gasteiger partial charge in [-0.1, -0.05) is 52.3 Å². The predicted octanol–water partition coefficient (Wildman–Crippen LogP) is 6.42. The molecule has 0 bridgehead atoms. The zero-order valence-electron chi connectivity index (χ0n) is 19.9. The fourth-order valence-electron chi connectivity index (χ4n) is 8.39. The van der Waals surface area contributed by atoms with Crippen molar-refractivity contribution in [2.75, 3.05) is 0 Å². The first-order valence-corrected chi connectivity index (χ1v) is 12.0. The molecule has 3 nitrogen and oxygen atoms in total. The molecule has 0 saturated heterocycles. The Hall–Kier alpha value is -1.90. The molecule has 5 aliphatic carbocycles. The highest BCUT2D eigenvalue weighted by Crippen LogP contribution is 2.74. The standard InChI is InChI=1S/C28H36O3/c1-16-13-23-25(3,15-21(16)30)9-11-27(5)22-8-7-18-17(2)24(31)20(29)14-19(18)26(22,4)10-12-28(23,27)6/h7-8,14,16,23,31H,9-13,15H2,1-6H3/t16-,23-,25+,26-,27+,28+/m1/s1. The minimum atomic E-state index is -0.263. The Labute approximate surface area is 186 Å². The molecule has 0 aromatic rings. The van der Waals surface area contributed by atoms with Crippen LogP contribution in [0.25, 0.3) is 0 Å². The van der Waals surface area contributed by atoms with Crippen LogP contribution in [-0.2, 0) is 9.59 Å². The van der Waals surface area contributed by atoms with Gasteiger partial charge in [0.05, 0.1) is 0 Å². The summed E-state index contributed by atoms with van der Waals surface area (Å²) in [4.78, 5) is 25.2. The molecule has 3 saturated carbocycles. The van der Waals surface area contributed by atoms with Crippen molar-refractivity contribution in [1.29, 1.82) is 0 Å². The average Bonchev–Trinajstić information content (AvgIpc) is 2.71. The summed E-state index contributed by atoms with van der Waals surface area (Å²) in [5.74, 6) is 0.767. The number of Topliss-reactive ketones (excluding diaryl/α,β-unsaturated/α-hetero) is 1. The van der Waals surface area contributed by atoms with Crippen molar-refractivity contribution in [3.05, 3.63) is 46.3 Å². The fourth-order valence-corrected chi connectivity index (χ4v) is 8.39. The number of hydrogen-bond acceptors (Lipinski definition) is 3. The summed E-state index contributed by atoms with van der Waals surface area (Å²) < 4.78 is 0. The molecule has 1 N–H and O–H groups in total. The van der Waals surface area contributed by atoms with Gasteiger partial charge in [-0.2, -0.15) is 0 Å². The fraction of sp³-hybridized carbons (Fsp3) is 0.643. The van der Waals surface area contributed by atoms with Crippen molar-refractivity contribution in [3.8, 4) is 0 Å². The summed E-state index contributed by atoms with van der Waals surface area (Å²) in [5.41, 5.74) is 4.37. The Balaban J connectivity index is 1.65. The third-order valence-corrected chi connectivity index (χ3v) is 10.7. The quantitative estimate of drug-likeness (QED) is 0.492. The van der Waals surface area contributed by atoms with Gasteiger partial charge in [-0.25, -0.2) is 0 Å². The van der Waals surface area contributed by atoms with Crippen molar-refractivity contribution in [1.82, 2.24) is 0 Å². The smallest absolute Gasteiger partial charge is 0.220 e. The lowest BCUT2D eigenvalue weighted by atomic mass is 9.35. The van der Waals surface area contributed by atoms with E-state index in [1.165, 1.54) is 5.57 Å². The van der Waals surface area contributed by atoms with Gasteiger partial charge in [0.25, 0.3) is 0 Å². The Kier molecular flexibility index (Phi) is 4.14. The second kappa shape index (κ2) is 6.11. The van der Waals surface area contributed by atoms with Crippen molar-refractivity contribution in [2.45, 2.75) is 80.1 Å². The van der Waals surface area contributed by atoms with Gasteiger partial charge < -0.3 is 5.11 Å². The first-order valence-electron chi connectivity index (χ1n) is 12.0. The largest absolute Gasteiger partial charge is 0.504 e. The molecule has 166 valence electrons. The highest BCUT2D eigenvalue weighted by Gasteiger charge is 2.66. The van der Waals surface area contributed by atoms with Crippen LogP contribution in [0.4, 0.5) is 0 Å². The number of carbonyl (C=O) groups is 2. The van der Waals surface area contributed by atoms with Gasteiger partial charge in [-0.15, -0.1) is 0 Å². The number of carbonyl (C=O) groups excluding carboxylic acids is 2. The van der Waals surface area contributed by atoms with Crippen LogP contribution >= 0.6 is 0 Å². The van der Waals surface area contributed by atoms with E-state index in [2.05, 4.69) is 46.8 Å². The third kappa shape index (κ3) is 2.41. The highest BCUT2D eigenvalue weighted by atomic mass is 16.3. The van der Waals surface area contributed by atoms with Crippen molar-refractivity contribution >= 4 is 11.6 Å². The topological polar surface area (TPSA) is 54.4 Å². The summed E-state index contributed by atoms with van der Waals surface area (Å²) in [6.07, 6.45) is 12.2. The molecular weight excluding hydrogens is 384 g/mol. The lowest BCUT2D eigenvalue weighted by molar-refractivity contribution is -0.161. The second-order valence-corrected chi connectivity index (χ2v) is 12.1. The number of fused-ring (bicyclic) bond motifs is 7. The van der Waals surface area contributed by atoms with Crippen molar-refractivity contribution < 1.29 is 14.7 Å². The number of hydrogen-bond donors (Lipinski definition) is 1. The molecule has 6 atom stereocenters. The van der Waals surface area contributed by atoms with Crippen molar-refractivity contribution in [2.24, 2.45) is 33.5 Å². The summed E-state index contributed by atoms with van der Waals surface area (Å²) in [6, 6.07) is 0. The minimum absolute atomic E-state index is 0.0350. The van der Waals surface area contributed by atoms with Crippen LogP contribution in [0.2, 0.25) is 0 Å². The Morgan fingerprint density at radius 3 is 2.42 bits per heavy atom. The molecule has 31 heavy (non-hydrogen) atoms. The molecule has 0 spiro atoms. The minimum Gasteiger partial charge on any atom is -0.504 e. The molecule has 3 heteroatoms. The summed E-state index contributed by atoms with van der Waals surface area (Å²) in [5, 5.41) is 10.2. The molecule has 0 unspecified atom stereocenters. The Morgan fingerprint density at radius 2 is 1.71 bits per heavy atom. The van der Waals surface area contributed by atoms with E-state index in [4.69, 9.17) is 0 Å². The molecule has 5 rings (SSSR count). The summed E-state index contributed by atoms with van der Waals surface area (Å²) in [6.45, 7) is 13.6. The van der Waals surface area contributed by atoms with Crippen LogP contribution in [0.5, 0.6) is 0 Å². The molecule has 5 aliphatic rings. The van der Waals surface area contributed by atoms with Gasteiger partial charge in [-0.3, -0.25) is 9.59 Å². The molecule has 3 fully saturated rings. The first-order chi connectivity index (χ1) is 14.4. The SMILES string of the molecule is CC1=C(O)C(=O)C=C2C1=CC=C1[C@]2(C)CC[C@@]2(C)[C@@H]3C[C@@H](C)C(=O)C[C@]3(C)CC[C@@]12C. The van der Waals surface area contributed by atoms with E-state index in [1.54, 1.807) is 6.08 Å². The maximum absolute atomic E-state index is 12.6. The van der Waals surface area contributed by atoms with E-state index in [0.29, 0.717) is 17.3 Å². The van der Waals surface area contributed by atoms with E-state index >= 15 is 0 Å².